The summed E-state index contributed by atoms with van der Waals surface area (Å²) in [5, 5.41) is 15.3. The van der Waals surface area contributed by atoms with E-state index in [0.29, 0.717) is 4.60 Å². The molecule has 1 aliphatic rings. The molecule has 0 saturated carbocycles. The molecular formula is C9H8BrFN4O3S. The Bertz CT molecular complexity index is 665. The van der Waals surface area contributed by atoms with Crippen molar-refractivity contribution in [3.8, 4) is 6.07 Å². The van der Waals surface area contributed by atoms with Gasteiger partial charge < -0.3 is 0 Å². The lowest BCUT2D eigenvalue weighted by atomic mass is 10.1. The Kier molecular flexibility index (Phi) is 3.60. The number of amides is 1. The van der Waals surface area contributed by atoms with E-state index in [2.05, 4.69) is 26.1 Å². The number of nitriles is 1. The highest BCUT2D eigenvalue weighted by atomic mass is 79.9. The second-order valence-corrected chi connectivity index (χ2v) is 6.33. The summed E-state index contributed by atoms with van der Waals surface area (Å²) < 4.78 is 34.1. The molecule has 2 rings (SSSR count). The van der Waals surface area contributed by atoms with Crippen LogP contribution >= 0.6 is 15.9 Å². The van der Waals surface area contributed by atoms with Gasteiger partial charge in [-0.25, -0.2) is 0 Å². The maximum Gasteiger partial charge on any atom is 0.302 e. The van der Waals surface area contributed by atoms with Gasteiger partial charge in [0, 0.05) is 18.9 Å². The van der Waals surface area contributed by atoms with Crippen LogP contribution in [0.2, 0.25) is 0 Å². The van der Waals surface area contributed by atoms with Crippen LogP contribution in [0.3, 0.4) is 0 Å². The summed E-state index contributed by atoms with van der Waals surface area (Å²) in [5.74, 6) is -1.60. The zero-order valence-electron chi connectivity index (χ0n) is 9.43. The Balaban J connectivity index is 2.23. The van der Waals surface area contributed by atoms with Crippen LogP contribution < -0.4 is 4.90 Å². The predicted octanol–water partition coefficient (Wildman–Crippen LogP) is 0.696. The molecule has 19 heavy (non-hydrogen) atoms. The zero-order chi connectivity index (χ0) is 14.2. The van der Waals surface area contributed by atoms with E-state index in [-0.39, 0.29) is 30.3 Å². The van der Waals surface area contributed by atoms with Gasteiger partial charge in [0.05, 0.1) is 5.75 Å². The van der Waals surface area contributed by atoms with Crippen LogP contribution in [0.1, 0.15) is 12.0 Å². The molecule has 1 saturated heterocycles. The molecule has 0 aliphatic carbocycles. The second kappa shape index (κ2) is 4.90. The van der Waals surface area contributed by atoms with Crippen molar-refractivity contribution in [2.75, 3.05) is 17.2 Å². The molecule has 1 N–H and O–H groups in total. The number of halogens is 2. The van der Waals surface area contributed by atoms with E-state index in [1.165, 1.54) is 4.90 Å². The van der Waals surface area contributed by atoms with Crippen molar-refractivity contribution in [1.29, 1.82) is 5.26 Å². The summed E-state index contributed by atoms with van der Waals surface area (Å²) in [6, 6.07) is 1.88. The standard InChI is InChI=1S/C9H8BrFN4O3S/c10-8-6(2-12)9(14-13-8)15-3-5(1-7(15)16)4-19(11,17)18/h5H,1,3-4H2,(H,13,14). The number of rotatable bonds is 3. The maximum atomic E-state index is 12.6. The molecule has 1 fully saturated rings. The fourth-order valence-electron chi connectivity index (χ4n) is 1.99. The number of hydrogen-bond donors (Lipinski definition) is 1. The molecule has 10 heteroatoms. The van der Waals surface area contributed by atoms with Gasteiger partial charge in [-0.3, -0.25) is 14.8 Å². The highest BCUT2D eigenvalue weighted by Crippen LogP contribution is 2.30. The van der Waals surface area contributed by atoms with E-state index in [0.717, 1.165) is 0 Å². The van der Waals surface area contributed by atoms with Crippen molar-refractivity contribution < 1.29 is 17.1 Å². The third-order valence-electron chi connectivity index (χ3n) is 2.71. The quantitative estimate of drug-likeness (QED) is 0.807. The maximum absolute atomic E-state index is 12.6. The van der Waals surface area contributed by atoms with Gasteiger partial charge in [-0.2, -0.15) is 18.8 Å². The number of aromatic nitrogens is 2. The Morgan fingerprint density at radius 3 is 2.89 bits per heavy atom. The molecule has 2 heterocycles. The SMILES string of the molecule is N#Cc1c(N2CC(CS(=O)(=O)F)CC2=O)n[nH]c1Br. The minimum absolute atomic E-state index is 0.0218. The summed E-state index contributed by atoms with van der Waals surface area (Å²) in [6.07, 6.45) is -0.0848. The van der Waals surface area contributed by atoms with E-state index in [1.54, 1.807) is 0 Å². The van der Waals surface area contributed by atoms with Gasteiger partial charge in [-0.05, 0) is 15.9 Å². The second-order valence-electron chi connectivity index (χ2n) is 4.13. The normalized spacial score (nSPS) is 19.7. The number of carbonyl (C=O) groups excluding carboxylic acids is 1. The highest BCUT2D eigenvalue weighted by molar-refractivity contribution is 9.10. The molecule has 1 aromatic rings. The van der Waals surface area contributed by atoms with E-state index in [9.17, 15) is 17.1 Å². The number of aromatic amines is 1. The molecular weight excluding hydrogens is 343 g/mol. The van der Waals surface area contributed by atoms with E-state index >= 15 is 0 Å². The van der Waals surface area contributed by atoms with Crippen molar-refractivity contribution in [3.63, 3.8) is 0 Å². The Morgan fingerprint density at radius 2 is 2.32 bits per heavy atom. The van der Waals surface area contributed by atoms with Crippen LogP contribution in [-0.2, 0) is 15.0 Å². The van der Waals surface area contributed by atoms with Crippen LogP contribution in [0, 0.1) is 17.2 Å². The molecule has 0 aromatic carbocycles. The average Bonchev–Trinajstić information content (AvgIpc) is 2.79. The van der Waals surface area contributed by atoms with E-state index < -0.39 is 21.9 Å². The number of nitrogens with zero attached hydrogens (tertiary/aromatic N) is 3. The molecule has 0 bridgehead atoms. The molecule has 1 unspecified atom stereocenters. The molecule has 1 aliphatic heterocycles. The van der Waals surface area contributed by atoms with Crippen LogP contribution in [0.15, 0.2) is 4.60 Å². The monoisotopic (exact) mass is 350 g/mol. The van der Waals surface area contributed by atoms with Gasteiger partial charge in [0.25, 0.3) is 0 Å². The summed E-state index contributed by atoms with van der Waals surface area (Å²) >= 11 is 3.07. The minimum Gasteiger partial charge on any atom is -0.294 e. The lowest BCUT2D eigenvalue weighted by Crippen LogP contribution is -2.26. The lowest BCUT2D eigenvalue weighted by Gasteiger charge is -2.13. The van der Waals surface area contributed by atoms with Gasteiger partial charge in [0.2, 0.25) is 5.91 Å². The number of H-pyrrole nitrogens is 1. The van der Waals surface area contributed by atoms with Gasteiger partial charge in [-0.1, -0.05) is 0 Å². The van der Waals surface area contributed by atoms with Gasteiger partial charge in [0.1, 0.15) is 16.2 Å². The molecule has 0 radical (unpaired) electrons. The van der Waals surface area contributed by atoms with Crippen molar-refractivity contribution in [2.24, 2.45) is 5.92 Å². The number of nitrogens with one attached hydrogen (secondary N) is 1. The lowest BCUT2D eigenvalue weighted by molar-refractivity contribution is -0.117. The first-order valence-electron chi connectivity index (χ1n) is 5.18. The number of hydrogen-bond acceptors (Lipinski definition) is 5. The third kappa shape index (κ3) is 2.93. The molecule has 1 amide bonds. The van der Waals surface area contributed by atoms with Crippen LogP contribution in [0.4, 0.5) is 9.70 Å². The van der Waals surface area contributed by atoms with Crippen molar-refractivity contribution in [1.82, 2.24) is 10.2 Å². The van der Waals surface area contributed by atoms with Gasteiger partial charge in [0.15, 0.2) is 5.82 Å². The molecule has 102 valence electrons. The number of anilines is 1. The first-order valence-corrected chi connectivity index (χ1v) is 7.53. The summed E-state index contributed by atoms with van der Waals surface area (Å²) in [5.41, 5.74) is 0.150. The fourth-order valence-corrected chi connectivity index (χ4v) is 3.13. The van der Waals surface area contributed by atoms with Crippen LogP contribution in [0.5, 0.6) is 0 Å². The average molecular weight is 351 g/mol. The number of carbonyl (C=O) groups is 1. The van der Waals surface area contributed by atoms with Crippen LogP contribution in [0.25, 0.3) is 0 Å². The first-order chi connectivity index (χ1) is 8.81. The Morgan fingerprint density at radius 1 is 1.63 bits per heavy atom. The molecule has 7 nitrogen and oxygen atoms in total. The van der Waals surface area contributed by atoms with Gasteiger partial charge in [-0.15, -0.1) is 3.89 Å². The van der Waals surface area contributed by atoms with Crippen molar-refractivity contribution >= 4 is 37.9 Å². The Hall–Kier alpha value is -1.47. The molecule has 1 atom stereocenters. The van der Waals surface area contributed by atoms with Gasteiger partial charge >= 0.3 is 10.2 Å². The predicted molar refractivity (Wildman–Crippen MR) is 66.4 cm³/mol. The van der Waals surface area contributed by atoms with E-state index in [1.807, 2.05) is 6.07 Å². The van der Waals surface area contributed by atoms with Crippen LogP contribution in [-0.4, -0.2) is 36.8 Å². The first kappa shape index (κ1) is 14.0. The minimum atomic E-state index is -4.63. The van der Waals surface area contributed by atoms with E-state index in [4.69, 9.17) is 5.26 Å². The summed E-state index contributed by atoms with van der Waals surface area (Å²) in [4.78, 5) is 13.0. The highest BCUT2D eigenvalue weighted by Gasteiger charge is 2.36. The van der Waals surface area contributed by atoms with Crippen molar-refractivity contribution in [2.45, 2.75) is 6.42 Å². The smallest absolute Gasteiger partial charge is 0.294 e. The van der Waals surface area contributed by atoms with Crippen molar-refractivity contribution in [3.05, 3.63) is 10.2 Å². The largest absolute Gasteiger partial charge is 0.302 e. The fraction of sp³-hybridized carbons (Fsp3) is 0.444. The molecule has 1 aromatic heterocycles. The topological polar surface area (TPSA) is 107 Å². The summed E-state index contributed by atoms with van der Waals surface area (Å²) in [6.45, 7) is 0.0218. The molecule has 0 spiro atoms. The third-order valence-corrected chi connectivity index (χ3v) is 4.15. The zero-order valence-corrected chi connectivity index (χ0v) is 11.8. The summed E-state index contributed by atoms with van der Waals surface area (Å²) in [7, 11) is -4.63. The Labute approximate surface area is 116 Å².